The lowest BCUT2D eigenvalue weighted by Gasteiger charge is -2.14. The molecule has 0 aliphatic carbocycles. The number of benzene rings is 2. The molecule has 2 aromatic heterocycles. The van der Waals surface area contributed by atoms with Crippen molar-refractivity contribution in [1.29, 1.82) is 0 Å². The van der Waals surface area contributed by atoms with Crippen molar-refractivity contribution in [2.45, 2.75) is 20.4 Å². The number of nitrogens with two attached hydrogens (primary N) is 1. The van der Waals surface area contributed by atoms with E-state index in [0.717, 1.165) is 44.6 Å². The average Bonchev–Trinajstić information content (AvgIpc) is 3.01. The van der Waals surface area contributed by atoms with Crippen molar-refractivity contribution in [2.24, 2.45) is 12.8 Å². The van der Waals surface area contributed by atoms with E-state index >= 15 is 0 Å². The van der Waals surface area contributed by atoms with Gasteiger partial charge in [0.05, 0.1) is 23.2 Å². The predicted molar refractivity (Wildman–Crippen MR) is 128 cm³/mol. The van der Waals surface area contributed by atoms with Crippen LogP contribution >= 0.6 is 37.2 Å². The summed E-state index contributed by atoms with van der Waals surface area (Å²) in [4.78, 5) is 9.02. The monoisotopic (exact) mass is 468 g/mol. The normalized spacial score (nSPS) is 10.2. The molecule has 4 nitrogen and oxygen atoms in total. The highest BCUT2D eigenvalue weighted by Crippen LogP contribution is 2.37. The smallest absolute Gasteiger partial charge is 0.125 e. The summed E-state index contributed by atoms with van der Waals surface area (Å²) in [6.07, 6.45) is 3.53. The van der Waals surface area contributed by atoms with E-state index in [1.807, 2.05) is 24.0 Å². The number of halogens is 4. The van der Waals surface area contributed by atoms with Crippen molar-refractivity contribution >= 4 is 48.1 Å². The van der Waals surface area contributed by atoms with Gasteiger partial charge in [-0.2, -0.15) is 0 Å². The highest BCUT2D eigenvalue weighted by atomic mass is 35.5. The highest BCUT2D eigenvalue weighted by Gasteiger charge is 2.19. The molecule has 0 amide bonds. The van der Waals surface area contributed by atoms with Gasteiger partial charge >= 0.3 is 0 Å². The van der Waals surface area contributed by atoms with Crippen LogP contribution in [0.15, 0.2) is 48.9 Å². The molecule has 30 heavy (non-hydrogen) atoms. The topological polar surface area (TPSA) is 56.7 Å². The summed E-state index contributed by atoms with van der Waals surface area (Å²) < 4.78 is 15.6. The summed E-state index contributed by atoms with van der Waals surface area (Å²) in [7, 11) is 1.97. The molecular formula is C22H24Cl3FN4. The van der Waals surface area contributed by atoms with Crippen LogP contribution in [-0.2, 0) is 13.6 Å². The van der Waals surface area contributed by atoms with Gasteiger partial charge in [0.15, 0.2) is 0 Å². The zero-order valence-electron chi connectivity index (χ0n) is 16.8. The Balaban J connectivity index is 0.00000150. The second-order valence-corrected chi connectivity index (χ2v) is 6.88. The van der Waals surface area contributed by atoms with Crippen LogP contribution in [0.3, 0.4) is 0 Å². The summed E-state index contributed by atoms with van der Waals surface area (Å²) in [5, 5.41) is 0.901. The van der Waals surface area contributed by atoms with Crippen molar-refractivity contribution in [2.75, 3.05) is 0 Å². The van der Waals surface area contributed by atoms with Gasteiger partial charge in [0.1, 0.15) is 5.82 Å². The van der Waals surface area contributed by atoms with E-state index in [2.05, 4.69) is 31.0 Å². The Labute approximate surface area is 194 Å². The van der Waals surface area contributed by atoms with Crippen LogP contribution in [0.5, 0.6) is 0 Å². The zero-order valence-corrected chi connectivity index (χ0v) is 19.3. The third kappa shape index (κ3) is 4.44. The lowest BCUT2D eigenvalue weighted by atomic mass is 9.93. The minimum atomic E-state index is -0.290. The van der Waals surface area contributed by atoms with Crippen LogP contribution in [0, 0.1) is 19.7 Å². The van der Waals surface area contributed by atoms with Crippen molar-refractivity contribution in [3.05, 3.63) is 71.4 Å². The van der Waals surface area contributed by atoms with Crippen LogP contribution in [0.2, 0.25) is 0 Å². The Morgan fingerprint density at radius 2 is 1.63 bits per heavy atom. The number of nitrogens with zero attached hydrogens (tertiary/aromatic N) is 3. The first kappa shape index (κ1) is 25.9. The predicted octanol–water partition coefficient (Wildman–Crippen LogP) is 5.78. The van der Waals surface area contributed by atoms with Gasteiger partial charge in [-0.05, 0) is 48.7 Å². The molecule has 4 aromatic rings. The van der Waals surface area contributed by atoms with E-state index in [1.165, 1.54) is 12.1 Å². The molecule has 0 atom stereocenters. The third-order valence-corrected chi connectivity index (χ3v) is 4.96. The molecule has 2 aromatic carbocycles. The van der Waals surface area contributed by atoms with Crippen LogP contribution in [0.4, 0.5) is 4.39 Å². The van der Waals surface area contributed by atoms with E-state index in [0.29, 0.717) is 12.1 Å². The van der Waals surface area contributed by atoms with Gasteiger partial charge < -0.3 is 10.3 Å². The molecule has 8 heteroatoms. The molecule has 160 valence electrons. The van der Waals surface area contributed by atoms with E-state index in [4.69, 9.17) is 10.7 Å². The number of hydrogen-bond acceptors (Lipinski definition) is 3. The Morgan fingerprint density at radius 3 is 2.27 bits per heavy atom. The molecule has 2 N–H and O–H groups in total. The van der Waals surface area contributed by atoms with Crippen molar-refractivity contribution in [3.8, 4) is 22.5 Å². The van der Waals surface area contributed by atoms with Gasteiger partial charge in [0, 0.05) is 42.4 Å². The van der Waals surface area contributed by atoms with Crippen LogP contribution in [-0.4, -0.2) is 14.5 Å². The number of fused-ring (bicyclic) bond motifs is 1. The number of pyridine rings is 1. The molecule has 2 heterocycles. The summed E-state index contributed by atoms with van der Waals surface area (Å²) in [6, 6.07) is 10.9. The fourth-order valence-electron chi connectivity index (χ4n) is 3.80. The molecule has 4 rings (SSSR count). The third-order valence-electron chi connectivity index (χ3n) is 4.96. The molecule has 0 unspecified atom stereocenters. The largest absolute Gasteiger partial charge is 0.333 e. The van der Waals surface area contributed by atoms with E-state index in [9.17, 15) is 4.39 Å². The Bertz CT molecular complexity index is 1150. The number of hydrogen-bond donors (Lipinski definition) is 1. The van der Waals surface area contributed by atoms with Gasteiger partial charge in [-0.3, -0.25) is 4.98 Å². The molecule has 0 saturated heterocycles. The Hall–Kier alpha value is -2.18. The van der Waals surface area contributed by atoms with Crippen LogP contribution in [0.1, 0.15) is 16.7 Å². The summed E-state index contributed by atoms with van der Waals surface area (Å²) in [6.45, 7) is 4.68. The van der Waals surface area contributed by atoms with Gasteiger partial charge in [0.25, 0.3) is 0 Å². The minimum Gasteiger partial charge on any atom is -0.333 e. The maximum Gasteiger partial charge on any atom is 0.125 e. The van der Waals surface area contributed by atoms with Crippen molar-refractivity contribution in [3.63, 3.8) is 0 Å². The maximum atomic E-state index is 13.6. The Kier molecular flexibility index (Phi) is 8.81. The molecule has 0 aliphatic heterocycles. The highest BCUT2D eigenvalue weighted by molar-refractivity contribution is 5.97. The molecule has 0 radical (unpaired) electrons. The molecule has 0 saturated carbocycles. The van der Waals surface area contributed by atoms with Gasteiger partial charge in [-0.25, -0.2) is 9.37 Å². The van der Waals surface area contributed by atoms with Crippen LogP contribution in [0.25, 0.3) is 33.4 Å². The van der Waals surface area contributed by atoms with Gasteiger partial charge in [-0.1, -0.05) is 12.1 Å². The van der Waals surface area contributed by atoms with Gasteiger partial charge in [-0.15, -0.1) is 37.2 Å². The van der Waals surface area contributed by atoms with Crippen molar-refractivity contribution in [1.82, 2.24) is 14.5 Å². The number of imidazole rings is 1. The van der Waals surface area contributed by atoms with Crippen LogP contribution < -0.4 is 5.73 Å². The number of aryl methyl sites for hydroxylation is 3. The summed E-state index contributed by atoms with van der Waals surface area (Å²) in [5.74, 6) is -0.290. The maximum absolute atomic E-state index is 13.6. The van der Waals surface area contributed by atoms with Crippen molar-refractivity contribution < 1.29 is 4.39 Å². The van der Waals surface area contributed by atoms with E-state index in [1.54, 1.807) is 12.3 Å². The fraction of sp³-hybridized carbons (Fsp3) is 0.182. The number of aromatic nitrogens is 3. The minimum absolute atomic E-state index is 0. The second-order valence-electron chi connectivity index (χ2n) is 6.88. The molecule has 0 fully saturated rings. The SMILES string of the molecule is Cc1cc(CN)cc(C)c1-c1ncn(C)c1-c1ccnc2cc(F)ccc12.Cl.Cl.Cl. The second kappa shape index (κ2) is 10.2. The molecule has 0 aliphatic rings. The summed E-state index contributed by atoms with van der Waals surface area (Å²) in [5.41, 5.74) is 13.8. The van der Waals surface area contributed by atoms with E-state index in [-0.39, 0.29) is 43.0 Å². The first-order valence-corrected chi connectivity index (χ1v) is 8.86. The molecular weight excluding hydrogens is 446 g/mol. The number of rotatable bonds is 3. The first-order valence-electron chi connectivity index (χ1n) is 8.86. The average molecular weight is 470 g/mol. The lowest BCUT2D eigenvalue weighted by Crippen LogP contribution is -2.00. The lowest BCUT2D eigenvalue weighted by molar-refractivity contribution is 0.629. The zero-order chi connectivity index (χ0) is 19.1. The fourth-order valence-corrected chi connectivity index (χ4v) is 3.80. The first-order chi connectivity index (χ1) is 13.0. The standard InChI is InChI=1S/C22H21FN4.3ClH/c1-13-8-15(11-24)9-14(2)20(13)21-22(27(3)12-26-21)18-6-7-25-19-10-16(23)4-5-17(18)19;;;/h4-10,12H,11,24H2,1-3H3;3*1H. The molecule has 0 spiro atoms. The summed E-state index contributed by atoms with van der Waals surface area (Å²) >= 11 is 0. The quantitative estimate of drug-likeness (QED) is 0.413. The van der Waals surface area contributed by atoms with Gasteiger partial charge in [0.2, 0.25) is 0 Å². The van der Waals surface area contributed by atoms with E-state index < -0.39 is 0 Å². The molecule has 0 bridgehead atoms. The Morgan fingerprint density at radius 1 is 0.967 bits per heavy atom.